The molecule has 0 atom stereocenters. The third-order valence-electron chi connectivity index (χ3n) is 4.59. The fourth-order valence-corrected chi connectivity index (χ4v) is 3.93. The van der Waals surface area contributed by atoms with E-state index in [9.17, 15) is 4.79 Å². The Hall–Kier alpha value is -1.37. The summed E-state index contributed by atoms with van der Waals surface area (Å²) in [5.74, 6) is 0. The van der Waals surface area contributed by atoms with Crippen LogP contribution in [0.25, 0.3) is 0 Å². The van der Waals surface area contributed by atoms with Gasteiger partial charge >= 0.3 is 0 Å². The van der Waals surface area contributed by atoms with Gasteiger partial charge in [0.2, 0.25) is 0 Å². The van der Waals surface area contributed by atoms with Crippen molar-refractivity contribution < 1.29 is 4.74 Å². The zero-order chi connectivity index (χ0) is 17.2. The van der Waals surface area contributed by atoms with E-state index in [1.54, 1.807) is 13.2 Å². The molecule has 1 fully saturated rings. The van der Waals surface area contributed by atoms with Crippen LogP contribution in [0.4, 0.5) is 5.69 Å². The van der Waals surface area contributed by atoms with Crippen molar-refractivity contribution in [2.24, 2.45) is 7.05 Å². The molecule has 1 aliphatic heterocycles. The molecule has 0 saturated carbocycles. The lowest BCUT2D eigenvalue weighted by Crippen LogP contribution is -2.40. The summed E-state index contributed by atoms with van der Waals surface area (Å²) in [6.45, 7) is 2.05. The van der Waals surface area contributed by atoms with Crippen LogP contribution >= 0.6 is 27.5 Å². The van der Waals surface area contributed by atoms with Gasteiger partial charge in [-0.15, -0.1) is 0 Å². The van der Waals surface area contributed by atoms with Crippen LogP contribution in [0.1, 0.15) is 18.4 Å². The topological polar surface area (TPSA) is 56.1 Å². The Bertz CT molecular complexity index is 788. The summed E-state index contributed by atoms with van der Waals surface area (Å²) in [6.07, 6.45) is 3.41. The van der Waals surface area contributed by atoms with Crippen molar-refractivity contribution in [2.45, 2.75) is 18.3 Å². The number of anilines is 1. The van der Waals surface area contributed by atoms with E-state index in [2.05, 4.69) is 32.4 Å². The molecule has 0 amide bonds. The first-order valence-corrected chi connectivity index (χ1v) is 8.99. The number of halogens is 2. The summed E-state index contributed by atoms with van der Waals surface area (Å²) in [7, 11) is 1.63. The molecule has 5 nitrogen and oxygen atoms in total. The van der Waals surface area contributed by atoms with E-state index in [-0.39, 0.29) is 11.0 Å². The maximum absolute atomic E-state index is 12.0. The lowest BCUT2D eigenvalue weighted by Gasteiger charge is -2.38. The molecule has 1 N–H and O–H groups in total. The fourth-order valence-electron chi connectivity index (χ4n) is 3.09. The van der Waals surface area contributed by atoms with Gasteiger partial charge in [-0.2, -0.15) is 5.10 Å². The molecule has 2 aromatic rings. The number of aromatic nitrogens is 2. The first-order valence-electron chi connectivity index (χ1n) is 7.82. The molecule has 1 saturated heterocycles. The molecule has 7 heteroatoms. The molecule has 2 heterocycles. The van der Waals surface area contributed by atoms with Gasteiger partial charge in [0.25, 0.3) is 5.56 Å². The lowest BCUT2D eigenvalue weighted by molar-refractivity contribution is 0.0544. The normalized spacial score (nSPS) is 16.8. The molecule has 0 unspecified atom stereocenters. The predicted octanol–water partition coefficient (Wildman–Crippen LogP) is 3.36. The predicted molar refractivity (Wildman–Crippen MR) is 98.9 cm³/mol. The zero-order valence-electron chi connectivity index (χ0n) is 13.4. The highest BCUT2D eigenvalue weighted by Crippen LogP contribution is 2.39. The van der Waals surface area contributed by atoms with E-state index >= 15 is 0 Å². The molecule has 0 aliphatic carbocycles. The second kappa shape index (κ2) is 7.25. The average Bonchev–Trinajstić information content (AvgIpc) is 2.60. The van der Waals surface area contributed by atoms with E-state index in [0.29, 0.717) is 29.9 Å². The minimum Gasteiger partial charge on any atom is -0.382 e. The van der Waals surface area contributed by atoms with Crippen molar-refractivity contribution in [1.82, 2.24) is 9.78 Å². The Kier molecular flexibility index (Phi) is 5.27. The lowest BCUT2D eigenvalue weighted by atomic mass is 9.74. The van der Waals surface area contributed by atoms with E-state index in [1.807, 2.05) is 18.2 Å². The van der Waals surface area contributed by atoms with E-state index in [0.717, 1.165) is 23.4 Å². The zero-order valence-corrected chi connectivity index (χ0v) is 15.7. The number of aryl methyl sites for hydroxylation is 1. The molecule has 0 bridgehead atoms. The maximum Gasteiger partial charge on any atom is 0.282 e. The molecule has 128 valence electrons. The molecule has 3 rings (SSSR count). The minimum absolute atomic E-state index is 0.128. The fraction of sp³-hybridized carbons (Fsp3) is 0.412. The molecular formula is C17H19BrClN3O2. The summed E-state index contributed by atoms with van der Waals surface area (Å²) in [5, 5.41) is 8.22. The molecule has 24 heavy (non-hydrogen) atoms. The molecule has 0 radical (unpaired) electrons. The third-order valence-corrected chi connectivity index (χ3v) is 5.69. The van der Waals surface area contributed by atoms with Crippen LogP contribution in [-0.2, 0) is 17.2 Å². The van der Waals surface area contributed by atoms with Gasteiger partial charge in [-0.25, -0.2) is 4.68 Å². The van der Waals surface area contributed by atoms with Crippen molar-refractivity contribution in [1.29, 1.82) is 0 Å². The number of nitrogens with one attached hydrogen (secondary N) is 1. The second-order valence-electron chi connectivity index (χ2n) is 6.03. The standard InChI is InChI=1S/C17H19BrClN3O2/c1-22-16(23)15(18)14(10-21-22)20-11-17(6-8-24-9-7-17)12-4-2-3-5-13(12)19/h2-5,10,20H,6-9,11H2,1H3. The summed E-state index contributed by atoms with van der Waals surface area (Å²) < 4.78 is 7.34. The van der Waals surface area contributed by atoms with Crippen LogP contribution in [0.5, 0.6) is 0 Å². The van der Waals surface area contributed by atoms with Gasteiger partial charge in [-0.3, -0.25) is 4.79 Å². The van der Waals surface area contributed by atoms with Gasteiger partial charge in [-0.05, 0) is 40.4 Å². The van der Waals surface area contributed by atoms with Crippen LogP contribution in [0.15, 0.2) is 39.7 Å². The SMILES string of the molecule is Cn1ncc(NCC2(c3ccccc3Cl)CCOCC2)c(Br)c1=O. The Balaban J connectivity index is 1.90. The van der Waals surface area contributed by atoms with Crippen LogP contribution in [-0.4, -0.2) is 29.5 Å². The smallest absolute Gasteiger partial charge is 0.282 e. The van der Waals surface area contributed by atoms with Crippen LogP contribution < -0.4 is 10.9 Å². The Morgan fingerprint density at radius 1 is 1.38 bits per heavy atom. The summed E-state index contributed by atoms with van der Waals surface area (Å²) in [5.41, 5.74) is 1.52. The van der Waals surface area contributed by atoms with Gasteiger partial charge in [0, 0.05) is 37.2 Å². The van der Waals surface area contributed by atoms with Gasteiger partial charge in [0.05, 0.1) is 11.9 Å². The Morgan fingerprint density at radius 2 is 2.08 bits per heavy atom. The molecule has 1 aromatic carbocycles. The Morgan fingerprint density at radius 3 is 2.79 bits per heavy atom. The van der Waals surface area contributed by atoms with Gasteiger partial charge in [0.15, 0.2) is 0 Å². The van der Waals surface area contributed by atoms with E-state index < -0.39 is 0 Å². The molecular weight excluding hydrogens is 394 g/mol. The van der Waals surface area contributed by atoms with Crippen LogP contribution in [0.3, 0.4) is 0 Å². The number of nitrogens with zero attached hydrogens (tertiary/aromatic N) is 2. The highest BCUT2D eigenvalue weighted by Gasteiger charge is 2.36. The summed E-state index contributed by atoms with van der Waals surface area (Å²) in [6, 6.07) is 7.94. The number of benzene rings is 1. The van der Waals surface area contributed by atoms with E-state index in [1.165, 1.54) is 4.68 Å². The second-order valence-corrected chi connectivity index (χ2v) is 7.23. The number of hydrogen-bond acceptors (Lipinski definition) is 4. The quantitative estimate of drug-likeness (QED) is 0.837. The highest BCUT2D eigenvalue weighted by molar-refractivity contribution is 9.10. The van der Waals surface area contributed by atoms with Gasteiger partial charge in [-0.1, -0.05) is 29.8 Å². The van der Waals surface area contributed by atoms with Crippen molar-refractivity contribution in [2.75, 3.05) is 25.1 Å². The van der Waals surface area contributed by atoms with E-state index in [4.69, 9.17) is 16.3 Å². The average molecular weight is 413 g/mol. The molecule has 1 aromatic heterocycles. The van der Waals surface area contributed by atoms with Crippen molar-refractivity contribution in [3.63, 3.8) is 0 Å². The highest BCUT2D eigenvalue weighted by atomic mass is 79.9. The number of rotatable bonds is 4. The summed E-state index contributed by atoms with van der Waals surface area (Å²) in [4.78, 5) is 12.0. The van der Waals surface area contributed by atoms with Crippen molar-refractivity contribution >= 4 is 33.2 Å². The summed E-state index contributed by atoms with van der Waals surface area (Å²) >= 11 is 9.82. The van der Waals surface area contributed by atoms with Crippen LogP contribution in [0, 0.1) is 0 Å². The third kappa shape index (κ3) is 3.36. The first-order chi connectivity index (χ1) is 11.5. The maximum atomic E-state index is 12.0. The van der Waals surface area contributed by atoms with Crippen molar-refractivity contribution in [3.05, 3.63) is 55.9 Å². The number of hydrogen-bond donors (Lipinski definition) is 1. The number of ether oxygens (including phenoxy) is 1. The molecule has 0 spiro atoms. The van der Waals surface area contributed by atoms with Gasteiger partial charge < -0.3 is 10.1 Å². The monoisotopic (exact) mass is 411 g/mol. The minimum atomic E-state index is -0.168. The van der Waals surface area contributed by atoms with Crippen LogP contribution in [0.2, 0.25) is 5.02 Å². The largest absolute Gasteiger partial charge is 0.382 e. The Labute approximate surface area is 154 Å². The van der Waals surface area contributed by atoms with Crippen molar-refractivity contribution in [3.8, 4) is 0 Å². The first kappa shape index (κ1) is 17.5. The molecule has 1 aliphatic rings. The van der Waals surface area contributed by atoms with Gasteiger partial charge in [0.1, 0.15) is 4.47 Å².